The second kappa shape index (κ2) is 8.85. The third-order valence-corrected chi connectivity index (χ3v) is 7.92. The van der Waals surface area contributed by atoms with Crippen LogP contribution in [0.2, 0.25) is 0 Å². The van der Waals surface area contributed by atoms with Crippen molar-refractivity contribution in [2.24, 2.45) is 0 Å². The predicted octanol–water partition coefficient (Wildman–Crippen LogP) is 9.82. The molecule has 0 radical (unpaired) electrons. The first kappa shape index (κ1) is 22.9. The van der Waals surface area contributed by atoms with E-state index in [-0.39, 0.29) is 0 Å². The van der Waals surface area contributed by atoms with Crippen LogP contribution in [-0.2, 0) is 0 Å². The highest BCUT2D eigenvalue weighted by atomic mass is 16.3. The molecule has 5 nitrogen and oxygen atoms in total. The summed E-state index contributed by atoms with van der Waals surface area (Å²) in [5, 5.41) is 6.40. The zero-order chi connectivity index (χ0) is 27.6. The molecule has 42 heavy (non-hydrogen) atoms. The molecule has 3 aromatic heterocycles. The first-order chi connectivity index (χ1) is 20.8. The van der Waals surface area contributed by atoms with Gasteiger partial charge in [0.1, 0.15) is 22.3 Å². The summed E-state index contributed by atoms with van der Waals surface area (Å²) in [4.78, 5) is 15.1. The number of aromatic nitrogens is 3. The number of rotatable bonds is 3. The van der Waals surface area contributed by atoms with Crippen LogP contribution in [0.4, 0.5) is 0 Å². The fourth-order valence-electron chi connectivity index (χ4n) is 5.95. The van der Waals surface area contributed by atoms with E-state index in [9.17, 15) is 0 Å². The van der Waals surface area contributed by atoms with Gasteiger partial charge >= 0.3 is 0 Å². The highest BCUT2D eigenvalue weighted by molar-refractivity contribution is 6.15. The van der Waals surface area contributed by atoms with Gasteiger partial charge in [-0.2, -0.15) is 0 Å². The minimum absolute atomic E-state index is 0.554. The van der Waals surface area contributed by atoms with Gasteiger partial charge in [0.25, 0.3) is 0 Å². The van der Waals surface area contributed by atoms with Crippen LogP contribution in [0.5, 0.6) is 0 Å². The topological polar surface area (TPSA) is 65.0 Å². The molecule has 0 aliphatic rings. The van der Waals surface area contributed by atoms with Crippen molar-refractivity contribution in [1.82, 2.24) is 15.0 Å². The van der Waals surface area contributed by atoms with Gasteiger partial charge in [0.05, 0.1) is 5.56 Å². The van der Waals surface area contributed by atoms with Gasteiger partial charge in [-0.3, -0.25) is 0 Å². The average Bonchev–Trinajstić information content (AvgIpc) is 3.62. The van der Waals surface area contributed by atoms with E-state index < -0.39 is 0 Å². The molecular weight excluding hydrogens is 518 g/mol. The molecule has 0 amide bonds. The monoisotopic (exact) mass is 539 g/mol. The average molecular weight is 540 g/mol. The van der Waals surface area contributed by atoms with E-state index >= 15 is 0 Å². The molecule has 0 atom stereocenters. The molecule has 0 fully saturated rings. The van der Waals surface area contributed by atoms with Crippen molar-refractivity contribution < 1.29 is 8.83 Å². The number of fused-ring (bicyclic) bond motifs is 7. The molecule has 0 spiro atoms. The van der Waals surface area contributed by atoms with E-state index in [0.717, 1.165) is 71.3 Å². The zero-order valence-corrected chi connectivity index (χ0v) is 22.3. The fourth-order valence-corrected chi connectivity index (χ4v) is 5.95. The van der Waals surface area contributed by atoms with Crippen LogP contribution >= 0.6 is 0 Å². The molecule has 0 N–H and O–H groups in total. The van der Waals surface area contributed by atoms with Crippen LogP contribution in [0, 0.1) is 0 Å². The summed E-state index contributed by atoms with van der Waals surface area (Å²) in [6.45, 7) is 0. The van der Waals surface area contributed by atoms with Crippen LogP contribution < -0.4 is 0 Å². The summed E-state index contributed by atoms with van der Waals surface area (Å²) >= 11 is 0. The summed E-state index contributed by atoms with van der Waals surface area (Å²) in [7, 11) is 0. The van der Waals surface area contributed by atoms with Crippen molar-refractivity contribution in [2.45, 2.75) is 0 Å². The first-order valence-electron chi connectivity index (χ1n) is 13.9. The van der Waals surface area contributed by atoms with Crippen molar-refractivity contribution in [2.75, 3.05) is 0 Å². The second-order valence-electron chi connectivity index (χ2n) is 10.4. The summed E-state index contributed by atoms with van der Waals surface area (Å²) in [5.74, 6) is 1.73. The molecule has 9 rings (SSSR count). The van der Waals surface area contributed by atoms with Gasteiger partial charge in [-0.1, -0.05) is 97.1 Å². The molecule has 9 aromatic rings. The van der Waals surface area contributed by atoms with Gasteiger partial charge in [-0.15, -0.1) is 0 Å². The summed E-state index contributed by atoms with van der Waals surface area (Å²) in [5.41, 5.74) is 5.84. The van der Waals surface area contributed by atoms with E-state index in [2.05, 4.69) is 48.5 Å². The fraction of sp³-hybridized carbons (Fsp3) is 0. The smallest absolute Gasteiger partial charge is 0.167 e. The lowest BCUT2D eigenvalue weighted by Gasteiger charge is -2.09. The van der Waals surface area contributed by atoms with Crippen LogP contribution in [-0.4, -0.2) is 15.0 Å². The van der Waals surface area contributed by atoms with E-state index in [4.69, 9.17) is 23.8 Å². The number of hydrogen-bond acceptors (Lipinski definition) is 5. The standard InChI is InChI=1S/C37H21N3O2/c1-2-10-22(11-3-1)35-38-36(40-37(39-35)28-17-8-15-26-25-14-6-7-18-30(25)42-34(26)28)27-16-9-19-31-33(27)29-20-23-12-4-5-13-24(23)21-32(29)41-31/h1-21H. The Bertz CT molecular complexity index is 2470. The van der Waals surface area contributed by atoms with Crippen LogP contribution in [0.1, 0.15) is 0 Å². The van der Waals surface area contributed by atoms with Gasteiger partial charge < -0.3 is 8.83 Å². The van der Waals surface area contributed by atoms with Crippen LogP contribution in [0.15, 0.2) is 136 Å². The Labute approximate surface area is 239 Å². The van der Waals surface area contributed by atoms with Crippen molar-refractivity contribution >= 4 is 54.6 Å². The zero-order valence-electron chi connectivity index (χ0n) is 22.3. The first-order valence-corrected chi connectivity index (χ1v) is 13.9. The van der Waals surface area contributed by atoms with Crippen molar-refractivity contribution in [1.29, 1.82) is 0 Å². The molecule has 0 aliphatic carbocycles. The second-order valence-corrected chi connectivity index (χ2v) is 10.4. The van der Waals surface area contributed by atoms with Gasteiger partial charge in [0.2, 0.25) is 0 Å². The molecule has 3 heterocycles. The Morgan fingerprint density at radius 2 is 1.05 bits per heavy atom. The minimum Gasteiger partial charge on any atom is -0.456 e. The highest BCUT2D eigenvalue weighted by Crippen LogP contribution is 2.39. The van der Waals surface area contributed by atoms with Crippen LogP contribution in [0.3, 0.4) is 0 Å². The number of furan rings is 2. The Hall–Kier alpha value is -5.81. The van der Waals surface area contributed by atoms with Crippen molar-refractivity contribution in [3.63, 3.8) is 0 Å². The normalized spacial score (nSPS) is 11.8. The number of hydrogen-bond donors (Lipinski definition) is 0. The largest absolute Gasteiger partial charge is 0.456 e. The number of nitrogens with zero attached hydrogens (tertiary/aromatic N) is 3. The molecule has 0 saturated heterocycles. The quantitative estimate of drug-likeness (QED) is 0.224. The van der Waals surface area contributed by atoms with Gasteiger partial charge in [0.15, 0.2) is 17.5 Å². The number of benzene rings is 6. The number of para-hydroxylation sites is 2. The van der Waals surface area contributed by atoms with E-state index in [1.165, 1.54) is 0 Å². The summed E-state index contributed by atoms with van der Waals surface area (Å²) < 4.78 is 12.7. The van der Waals surface area contributed by atoms with Crippen molar-refractivity contribution in [3.05, 3.63) is 127 Å². The third-order valence-electron chi connectivity index (χ3n) is 7.92. The Morgan fingerprint density at radius 1 is 0.405 bits per heavy atom. The molecule has 0 unspecified atom stereocenters. The molecule has 5 heteroatoms. The van der Waals surface area contributed by atoms with Crippen LogP contribution in [0.25, 0.3) is 88.8 Å². The molecule has 0 aliphatic heterocycles. The molecule has 196 valence electrons. The lowest BCUT2D eigenvalue weighted by atomic mass is 10.0. The minimum atomic E-state index is 0.554. The van der Waals surface area contributed by atoms with E-state index in [1.807, 2.05) is 78.9 Å². The van der Waals surface area contributed by atoms with Gasteiger partial charge in [-0.05, 0) is 41.1 Å². The summed E-state index contributed by atoms with van der Waals surface area (Å²) in [6.07, 6.45) is 0. The lowest BCUT2D eigenvalue weighted by molar-refractivity contribution is 0.669. The van der Waals surface area contributed by atoms with E-state index in [1.54, 1.807) is 0 Å². The maximum Gasteiger partial charge on any atom is 0.167 e. The third kappa shape index (κ3) is 3.47. The predicted molar refractivity (Wildman–Crippen MR) is 168 cm³/mol. The Morgan fingerprint density at radius 3 is 1.93 bits per heavy atom. The highest BCUT2D eigenvalue weighted by Gasteiger charge is 2.20. The molecule has 0 saturated carbocycles. The lowest BCUT2D eigenvalue weighted by Crippen LogP contribution is -2.00. The molecule has 6 aromatic carbocycles. The maximum atomic E-state index is 6.37. The SMILES string of the molecule is c1ccc(-c2nc(-c3cccc4c3oc3ccccc34)nc(-c3cccc4oc5cc6ccccc6cc5c34)n2)cc1. The summed E-state index contributed by atoms with van der Waals surface area (Å²) in [6, 6.07) is 42.9. The molecular formula is C37H21N3O2. The maximum absolute atomic E-state index is 6.37. The van der Waals surface area contributed by atoms with Crippen molar-refractivity contribution in [3.8, 4) is 34.2 Å². The Balaban J connectivity index is 1.35. The Kier molecular flexibility index (Phi) is 4.83. The van der Waals surface area contributed by atoms with Gasteiger partial charge in [-0.25, -0.2) is 15.0 Å². The van der Waals surface area contributed by atoms with E-state index in [0.29, 0.717) is 17.5 Å². The van der Waals surface area contributed by atoms with Gasteiger partial charge in [0, 0.05) is 32.7 Å². The molecule has 0 bridgehead atoms.